The first kappa shape index (κ1) is 13.0. The molecule has 0 aromatic carbocycles. The third kappa shape index (κ3) is 3.07. The van der Waals surface area contributed by atoms with Crippen LogP contribution in [-0.2, 0) is 6.42 Å². The Morgan fingerprint density at radius 1 is 1.61 bits per heavy atom. The molecule has 2 N–H and O–H groups in total. The SMILES string of the molecule is CCc1nc(C(=O)NCC(C)N(C)C2CC2)n[nH]1. The predicted octanol–water partition coefficient (Wildman–Crippen LogP) is 0.580. The van der Waals surface area contributed by atoms with Gasteiger partial charge in [0.25, 0.3) is 5.91 Å². The third-order valence-electron chi connectivity index (χ3n) is 3.45. The van der Waals surface area contributed by atoms with Gasteiger partial charge in [-0.05, 0) is 26.8 Å². The molecule has 0 saturated heterocycles. The predicted molar refractivity (Wildman–Crippen MR) is 68.3 cm³/mol. The lowest BCUT2D eigenvalue weighted by Crippen LogP contribution is -2.41. The molecule has 1 heterocycles. The molecule has 1 amide bonds. The maximum atomic E-state index is 11.8. The van der Waals surface area contributed by atoms with Gasteiger partial charge in [-0.3, -0.25) is 14.8 Å². The number of nitrogens with zero attached hydrogens (tertiary/aromatic N) is 3. The monoisotopic (exact) mass is 251 g/mol. The lowest BCUT2D eigenvalue weighted by atomic mass is 10.3. The van der Waals surface area contributed by atoms with Crippen LogP contribution in [0.5, 0.6) is 0 Å². The number of amides is 1. The normalized spacial score (nSPS) is 16.9. The van der Waals surface area contributed by atoms with Gasteiger partial charge in [-0.1, -0.05) is 6.92 Å². The van der Waals surface area contributed by atoms with Gasteiger partial charge in [0.15, 0.2) is 0 Å². The number of H-pyrrole nitrogens is 1. The average molecular weight is 251 g/mol. The van der Waals surface area contributed by atoms with E-state index in [0.717, 1.165) is 12.2 Å². The van der Waals surface area contributed by atoms with Gasteiger partial charge in [-0.25, -0.2) is 4.98 Å². The van der Waals surface area contributed by atoms with Crippen molar-refractivity contribution in [3.63, 3.8) is 0 Å². The highest BCUT2D eigenvalue weighted by Crippen LogP contribution is 2.26. The summed E-state index contributed by atoms with van der Waals surface area (Å²) >= 11 is 0. The fourth-order valence-electron chi connectivity index (χ4n) is 1.86. The summed E-state index contributed by atoms with van der Waals surface area (Å²) in [5.41, 5.74) is 0. The maximum absolute atomic E-state index is 11.8. The maximum Gasteiger partial charge on any atom is 0.291 e. The second-order valence-electron chi connectivity index (χ2n) is 4.91. The van der Waals surface area contributed by atoms with Gasteiger partial charge < -0.3 is 5.32 Å². The summed E-state index contributed by atoms with van der Waals surface area (Å²) in [4.78, 5) is 18.2. The molecule has 1 aromatic rings. The molecule has 18 heavy (non-hydrogen) atoms. The van der Waals surface area contributed by atoms with E-state index < -0.39 is 0 Å². The number of aromatic nitrogens is 3. The quantitative estimate of drug-likeness (QED) is 0.775. The number of aryl methyl sites for hydroxylation is 1. The molecule has 1 aromatic heterocycles. The van der Waals surface area contributed by atoms with Gasteiger partial charge in [0.05, 0.1) is 0 Å². The van der Waals surface area contributed by atoms with Crippen molar-refractivity contribution in [1.29, 1.82) is 0 Å². The van der Waals surface area contributed by atoms with Crippen LogP contribution < -0.4 is 5.32 Å². The van der Waals surface area contributed by atoms with E-state index in [9.17, 15) is 4.79 Å². The van der Waals surface area contributed by atoms with Crippen LogP contribution >= 0.6 is 0 Å². The molecule has 6 heteroatoms. The highest BCUT2D eigenvalue weighted by atomic mass is 16.2. The van der Waals surface area contributed by atoms with E-state index in [1.54, 1.807) is 0 Å². The number of rotatable bonds is 6. The van der Waals surface area contributed by atoms with Crippen molar-refractivity contribution in [2.45, 2.75) is 45.2 Å². The molecule has 1 saturated carbocycles. The van der Waals surface area contributed by atoms with Crippen LogP contribution in [0.4, 0.5) is 0 Å². The van der Waals surface area contributed by atoms with Gasteiger partial charge in [0.1, 0.15) is 5.82 Å². The zero-order chi connectivity index (χ0) is 13.1. The van der Waals surface area contributed by atoms with Crippen molar-refractivity contribution in [2.24, 2.45) is 0 Å². The fraction of sp³-hybridized carbons (Fsp3) is 0.750. The molecule has 0 aliphatic heterocycles. The minimum Gasteiger partial charge on any atom is -0.348 e. The average Bonchev–Trinajstić information content (AvgIpc) is 3.12. The second-order valence-corrected chi connectivity index (χ2v) is 4.91. The Labute approximate surface area is 107 Å². The summed E-state index contributed by atoms with van der Waals surface area (Å²) in [6, 6.07) is 1.04. The molecule has 0 bridgehead atoms. The van der Waals surface area contributed by atoms with Gasteiger partial charge in [0.2, 0.25) is 5.82 Å². The molecule has 1 unspecified atom stereocenters. The number of likely N-dealkylation sites (N-methyl/N-ethyl adjacent to an activating group) is 1. The van der Waals surface area contributed by atoms with Crippen molar-refractivity contribution >= 4 is 5.91 Å². The number of hydrogen-bond donors (Lipinski definition) is 2. The van der Waals surface area contributed by atoms with Gasteiger partial charge in [-0.2, -0.15) is 0 Å². The largest absolute Gasteiger partial charge is 0.348 e. The first-order chi connectivity index (χ1) is 8.61. The van der Waals surface area contributed by atoms with E-state index in [0.29, 0.717) is 18.6 Å². The van der Waals surface area contributed by atoms with E-state index in [4.69, 9.17) is 0 Å². The molecule has 1 aliphatic carbocycles. The first-order valence-electron chi connectivity index (χ1n) is 6.53. The van der Waals surface area contributed by atoms with Gasteiger partial charge in [-0.15, -0.1) is 5.10 Å². The van der Waals surface area contributed by atoms with Crippen LogP contribution in [0, 0.1) is 0 Å². The zero-order valence-electron chi connectivity index (χ0n) is 11.2. The first-order valence-corrected chi connectivity index (χ1v) is 6.53. The Kier molecular flexibility index (Phi) is 3.96. The van der Waals surface area contributed by atoms with E-state index in [1.165, 1.54) is 12.8 Å². The van der Waals surface area contributed by atoms with Crippen LogP contribution in [0.1, 0.15) is 43.1 Å². The van der Waals surface area contributed by atoms with Crippen LogP contribution in [0.15, 0.2) is 0 Å². The van der Waals surface area contributed by atoms with Gasteiger partial charge in [0, 0.05) is 25.0 Å². The van der Waals surface area contributed by atoms with E-state index in [1.807, 2.05) is 6.92 Å². The summed E-state index contributed by atoms with van der Waals surface area (Å²) in [5.74, 6) is 0.762. The summed E-state index contributed by atoms with van der Waals surface area (Å²) in [6.07, 6.45) is 3.30. The van der Waals surface area contributed by atoms with Crippen LogP contribution in [0.3, 0.4) is 0 Å². The van der Waals surface area contributed by atoms with Crippen LogP contribution in [0.25, 0.3) is 0 Å². The highest BCUT2D eigenvalue weighted by molar-refractivity contribution is 5.90. The number of carbonyl (C=O) groups is 1. The van der Waals surface area contributed by atoms with Crippen LogP contribution in [0.2, 0.25) is 0 Å². The molecule has 1 fully saturated rings. The molecule has 1 atom stereocenters. The molecule has 0 radical (unpaired) electrons. The Balaban J connectivity index is 1.80. The van der Waals surface area contributed by atoms with Crippen LogP contribution in [-0.4, -0.2) is 51.7 Å². The van der Waals surface area contributed by atoms with Crippen molar-refractivity contribution in [3.05, 3.63) is 11.6 Å². The molecule has 100 valence electrons. The Morgan fingerprint density at radius 3 is 2.89 bits per heavy atom. The number of aromatic amines is 1. The number of nitrogens with one attached hydrogen (secondary N) is 2. The zero-order valence-corrected chi connectivity index (χ0v) is 11.2. The van der Waals surface area contributed by atoms with Gasteiger partial charge >= 0.3 is 0 Å². The topological polar surface area (TPSA) is 73.9 Å². The summed E-state index contributed by atoms with van der Waals surface area (Å²) in [7, 11) is 2.11. The highest BCUT2D eigenvalue weighted by Gasteiger charge is 2.29. The molecule has 6 nitrogen and oxygen atoms in total. The van der Waals surface area contributed by atoms with Crippen molar-refractivity contribution in [3.8, 4) is 0 Å². The molecule has 2 rings (SSSR count). The Morgan fingerprint density at radius 2 is 2.33 bits per heavy atom. The molecular weight excluding hydrogens is 230 g/mol. The van der Waals surface area contributed by atoms with Crippen molar-refractivity contribution in [1.82, 2.24) is 25.4 Å². The minimum absolute atomic E-state index is 0.206. The number of carbonyl (C=O) groups excluding carboxylic acids is 1. The molecular formula is C12H21N5O. The minimum atomic E-state index is -0.206. The van der Waals surface area contributed by atoms with Crippen molar-refractivity contribution < 1.29 is 4.79 Å². The summed E-state index contributed by atoms with van der Waals surface area (Å²) < 4.78 is 0. The molecule has 0 spiro atoms. The standard InChI is InChI=1S/C12H21N5O/c1-4-10-14-11(16-15-10)12(18)13-7-8(2)17(3)9-5-6-9/h8-9H,4-7H2,1-3H3,(H,13,18)(H,14,15,16). The third-order valence-corrected chi connectivity index (χ3v) is 3.45. The second kappa shape index (κ2) is 5.48. The van der Waals surface area contributed by atoms with E-state index in [-0.39, 0.29) is 11.7 Å². The lowest BCUT2D eigenvalue weighted by molar-refractivity contribution is 0.0929. The Hall–Kier alpha value is -1.43. The molecule has 1 aliphatic rings. The number of hydrogen-bond acceptors (Lipinski definition) is 4. The Bertz CT molecular complexity index is 412. The fourth-order valence-corrected chi connectivity index (χ4v) is 1.86. The van der Waals surface area contributed by atoms with E-state index >= 15 is 0 Å². The van der Waals surface area contributed by atoms with Crippen molar-refractivity contribution in [2.75, 3.05) is 13.6 Å². The summed E-state index contributed by atoms with van der Waals surface area (Å²) in [5, 5.41) is 9.51. The smallest absolute Gasteiger partial charge is 0.291 e. The van der Waals surface area contributed by atoms with E-state index in [2.05, 4.69) is 39.4 Å². The lowest BCUT2D eigenvalue weighted by Gasteiger charge is -2.24. The summed E-state index contributed by atoms with van der Waals surface area (Å²) in [6.45, 7) is 4.71.